The van der Waals surface area contributed by atoms with Gasteiger partial charge in [0.25, 0.3) is 11.8 Å². The Morgan fingerprint density at radius 2 is 1.69 bits per heavy atom. The van der Waals surface area contributed by atoms with Gasteiger partial charge >= 0.3 is 6.03 Å². The molecule has 3 aromatic carbocycles. The Bertz CT molecular complexity index is 1360. The van der Waals surface area contributed by atoms with Crippen LogP contribution in [0.25, 0.3) is 6.08 Å². The number of halogens is 1. The molecule has 3 aromatic rings. The second kappa shape index (κ2) is 10.7. The molecule has 0 saturated carbocycles. The fraction of sp³-hybridized carbons (Fsp3) is 0.179. The molecule has 0 radical (unpaired) electrons. The Labute approximate surface area is 214 Å². The maximum Gasteiger partial charge on any atom is 0.335 e. The average molecular weight is 505 g/mol. The summed E-state index contributed by atoms with van der Waals surface area (Å²) in [5.41, 5.74) is 3.59. The third-order valence-corrected chi connectivity index (χ3v) is 5.79. The summed E-state index contributed by atoms with van der Waals surface area (Å²) < 4.78 is 11.7. The highest BCUT2D eigenvalue weighted by molar-refractivity contribution is 6.39. The third-order valence-electron chi connectivity index (χ3n) is 5.51. The van der Waals surface area contributed by atoms with E-state index in [0.717, 1.165) is 21.6 Å². The first-order chi connectivity index (χ1) is 17.3. The zero-order valence-corrected chi connectivity index (χ0v) is 20.9. The first kappa shape index (κ1) is 25.0. The number of urea groups is 1. The van der Waals surface area contributed by atoms with Crippen LogP contribution in [0.1, 0.15) is 29.2 Å². The van der Waals surface area contributed by atoms with Gasteiger partial charge in [-0.05, 0) is 67.8 Å². The summed E-state index contributed by atoms with van der Waals surface area (Å²) in [6.45, 7) is 6.32. The number of carbonyl (C=O) groups excluding carboxylic acids is 3. The van der Waals surface area contributed by atoms with Crippen LogP contribution < -0.4 is 19.7 Å². The number of carbonyl (C=O) groups is 3. The molecule has 0 atom stereocenters. The maximum atomic E-state index is 13.2. The zero-order chi connectivity index (χ0) is 25.8. The minimum atomic E-state index is -0.805. The topological polar surface area (TPSA) is 84.9 Å². The Morgan fingerprint density at radius 1 is 0.944 bits per heavy atom. The number of ether oxygens (including phenoxy) is 2. The molecule has 0 unspecified atom stereocenters. The molecule has 8 heteroatoms. The minimum absolute atomic E-state index is 0.206. The molecule has 36 heavy (non-hydrogen) atoms. The number of aryl methyl sites for hydroxylation is 2. The van der Waals surface area contributed by atoms with Crippen molar-refractivity contribution in [2.24, 2.45) is 0 Å². The minimum Gasteiger partial charge on any atom is -0.490 e. The summed E-state index contributed by atoms with van der Waals surface area (Å²) in [5, 5.41) is 2.49. The predicted molar refractivity (Wildman–Crippen MR) is 138 cm³/mol. The third kappa shape index (κ3) is 5.42. The number of imide groups is 2. The molecule has 1 aliphatic rings. The Morgan fingerprint density at radius 3 is 2.39 bits per heavy atom. The van der Waals surface area contributed by atoms with Crippen molar-refractivity contribution in [3.05, 3.63) is 93.5 Å². The smallest absolute Gasteiger partial charge is 0.335 e. The quantitative estimate of drug-likeness (QED) is 0.334. The van der Waals surface area contributed by atoms with Crippen molar-refractivity contribution in [1.82, 2.24) is 5.32 Å². The molecule has 0 aliphatic carbocycles. The standard InChI is InChI=1S/C28H25ClN2O5/c1-4-35-24-15-20(14-23(29)25(24)36-16-19-10-8-17(2)9-11-19)13-22-26(32)30-28(34)31(27(22)33)21-7-5-6-18(3)12-21/h5-15H,4,16H2,1-3H3,(H,30,32,34)/b22-13+. The molecule has 4 rings (SSSR count). The molecule has 1 fully saturated rings. The van der Waals surface area contributed by atoms with Gasteiger partial charge < -0.3 is 9.47 Å². The van der Waals surface area contributed by atoms with E-state index in [1.54, 1.807) is 30.3 Å². The van der Waals surface area contributed by atoms with E-state index in [1.165, 1.54) is 6.08 Å². The molecule has 0 spiro atoms. The zero-order valence-electron chi connectivity index (χ0n) is 20.1. The van der Waals surface area contributed by atoms with E-state index in [9.17, 15) is 14.4 Å². The Balaban J connectivity index is 1.66. The lowest BCUT2D eigenvalue weighted by molar-refractivity contribution is -0.122. The second-order valence-corrected chi connectivity index (χ2v) is 8.74. The molecule has 1 heterocycles. The van der Waals surface area contributed by atoms with Gasteiger partial charge in [0.15, 0.2) is 11.5 Å². The molecule has 0 bridgehead atoms. The highest BCUT2D eigenvalue weighted by Crippen LogP contribution is 2.38. The van der Waals surface area contributed by atoms with Crippen molar-refractivity contribution in [2.45, 2.75) is 27.4 Å². The molecule has 1 saturated heterocycles. The number of hydrogen-bond donors (Lipinski definition) is 1. The fourth-order valence-electron chi connectivity index (χ4n) is 3.74. The normalized spacial score (nSPS) is 14.7. The van der Waals surface area contributed by atoms with Crippen molar-refractivity contribution >= 4 is 41.2 Å². The molecular formula is C28H25ClN2O5. The van der Waals surface area contributed by atoms with Crippen LogP contribution in [0.3, 0.4) is 0 Å². The summed E-state index contributed by atoms with van der Waals surface area (Å²) in [5.74, 6) is -0.790. The second-order valence-electron chi connectivity index (χ2n) is 8.33. The van der Waals surface area contributed by atoms with Gasteiger partial charge in [0, 0.05) is 0 Å². The van der Waals surface area contributed by atoms with Crippen molar-refractivity contribution in [3.63, 3.8) is 0 Å². The highest BCUT2D eigenvalue weighted by Gasteiger charge is 2.37. The number of benzene rings is 3. The first-order valence-electron chi connectivity index (χ1n) is 11.4. The summed E-state index contributed by atoms with van der Waals surface area (Å²) >= 11 is 6.53. The summed E-state index contributed by atoms with van der Waals surface area (Å²) in [7, 11) is 0. The van der Waals surface area contributed by atoms with Crippen molar-refractivity contribution in [2.75, 3.05) is 11.5 Å². The molecule has 184 valence electrons. The number of hydrogen-bond acceptors (Lipinski definition) is 5. The van der Waals surface area contributed by atoms with Crippen LogP contribution >= 0.6 is 11.6 Å². The van der Waals surface area contributed by atoms with E-state index in [4.69, 9.17) is 21.1 Å². The van der Waals surface area contributed by atoms with Crippen molar-refractivity contribution in [3.8, 4) is 11.5 Å². The van der Waals surface area contributed by atoms with E-state index in [-0.39, 0.29) is 17.2 Å². The van der Waals surface area contributed by atoms with Gasteiger partial charge in [-0.15, -0.1) is 0 Å². The van der Waals surface area contributed by atoms with E-state index in [0.29, 0.717) is 29.4 Å². The lowest BCUT2D eigenvalue weighted by Crippen LogP contribution is -2.54. The van der Waals surface area contributed by atoms with Crippen LogP contribution in [-0.2, 0) is 16.2 Å². The van der Waals surface area contributed by atoms with E-state index in [2.05, 4.69) is 5.32 Å². The molecule has 4 amide bonds. The van der Waals surface area contributed by atoms with Crippen molar-refractivity contribution < 1.29 is 23.9 Å². The molecule has 1 aliphatic heterocycles. The molecule has 7 nitrogen and oxygen atoms in total. The average Bonchev–Trinajstić information content (AvgIpc) is 2.82. The van der Waals surface area contributed by atoms with E-state index in [1.807, 2.05) is 51.1 Å². The number of nitrogens with one attached hydrogen (secondary N) is 1. The van der Waals surface area contributed by atoms with Gasteiger partial charge in [-0.2, -0.15) is 0 Å². The number of rotatable bonds is 7. The van der Waals surface area contributed by atoms with Crippen molar-refractivity contribution in [1.29, 1.82) is 0 Å². The largest absolute Gasteiger partial charge is 0.490 e. The number of amides is 4. The molecule has 1 N–H and O–H groups in total. The monoisotopic (exact) mass is 504 g/mol. The van der Waals surface area contributed by atoms with Gasteiger partial charge in [0.2, 0.25) is 0 Å². The van der Waals surface area contributed by atoms with Crippen LogP contribution in [0.4, 0.5) is 10.5 Å². The Kier molecular flexibility index (Phi) is 7.41. The lowest BCUT2D eigenvalue weighted by Gasteiger charge is -2.26. The van der Waals surface area contributed by atoms with Gasteiger partial charge in [-0.3, -0.25) is 14.9 Å². The number of nitrogens with zero attached hydrogens (tertiary/aromatic N) is 1. The summed E-state index contributed by atoms with van der Waals surface area (Å²) in [4.78, 5) is 39.2. The lowest BCUT2D eigenvalue weighted by atomic mass is 10.1. The van der Waals surface area contributed by atoms with Crippen LogP contribution in [-0.4, -0.2) is 24.5 Å². The predicted octanol–water partition coefficient (Wildman–Crippen LogP) is 5.60. The van der Waals surface area contributed by atoms with Crippen LogP contribution in [0.2, 0.25) is 5.02 Å². The van der Waals surface area contributed by atoms with Gasteiger partial charge in [-0.25, -0.2) is 9.69 Å². The van der Waals surface area contributed by atoms with Gasteiger partial charge in [0.1, 0.15) is 12.2 Å². The van der Waals surface area contributed by atoms with Crippen LogP contribution in [0, 0.1) is 13.8 Å². The number of barbiturate groups is 1. The first-order valence-corrected chi connectivity index (χ1v) is 11.8. The van der Waals surface area contributed by atoms with Gasteiger partial charge in [-0.1, -0.05) is 53.6 Å². The Hall–Kier alpha value is -4.10. The van der Waals surface area contributed by atoms with Crippen LogP contribution in [0.15, 0.2) is 66.2 Å². The summed E-state index contributed by atoms with van der Waals surface area (Å²) in [6.07, 6.45) is 1.38. The van der Waals surface area contributed by atoms with E-state index >= 15 is 0 Å². The maximum absolute atomic E-state index is 13.2. The van der Waals surface area contributed by atoms with Crippen LogP contribution in [0.5, 0.6) is 11.5 Å². The molecule has 0 aromatic heterocycles. The summed E-state index contributed by atoms with van der Waals surface area (Å²) in [6, 6.07) is 17.2. The SMILES string of the molecule is CCOc1cc(/C=C2\C(=O)NC(=O)N(c3cccc(C)c3)C2=O)cc(Cl)c1OCc1ccc(C)cc1. The fourth-order valence-corrected chi connectivity index (χ4v) is 4.01. The highest BCUT2D eigenvalue weighted by atomic mass is 35.5. The number of anilines is 1. The molecular weight excluding hydrogens is 480 g/mol. The van der Waals surface area contributed by atoms with E-state index < -0.39 is 17.8 Å². The van der Waals surface area contributed by atoms with Gasteiger partial charge in [0.05, 0.1) is 17.3 Å².